The third kappa shape index (κ3) is 5.24. The van der Waals surface area contributed by atoms with E-state index in [4.69, 9.17) is 4.74 Å². The molecule has 0 atom stereocenters. The Morgan fingerprint density at radius 1 is 1.04 bits per heavy atom. The lowest BCUT2D eigenvalue weighted by Gasteiger charge is -2.30. The molecule has 4 heteroatoms. The van der Waals surface area contributed by atoms with Crippen molar-refractivity contribution >= 4 is 11.6 Å². The summed E-state index contributed by atoms with van der Waals surface area (Å²) >= 11 is 0. The molecule has 0 bridgehead atoms. The zero-order valence-electron chi connectivity index (χ0n) is 14.8. The highest BCUT2D eigenvalue weighted by atomic mass is 16.5. The molecule has 2 aromatic carbocycles. The van der Waals surface area contributed by atoms with E-state index in [1.54, 1.807) is 0 Å². The molecule has 0 unspecified atom stereocenters. The van der Waals surface area contributed by atoms with E-state index in [2.05, 4.69) is 12.2 Å². The first kappa shape index (κ1) is 17.3. The molecular formula is C21H26N2O2. The molecule has 1 saturated heterocycles. The number of hydrogen-bond acceptors (Lipinski definition) is 3. The molecule has 25 heavy (non-hydrogen) atoms. The highest BCUT2D eigenvalue weighted by molar-refractivity contribution is 5.76. The number of carbonyl (C=O) groups excluding carboxylic acids is 1. The number of para-hydroxylation sites is 1. The molecule has 1 N–H and O–H groups in total. The lowest BCUT2D eigenvalue weighted by atomic mass is 9.99. The number of ether oxygens (including phenoxy) is 1. The van der Waals surface area contributed by atoms with Gasteiger partial charge in [-0.2, -0.15) is 0 Å². The summed E-state index contributed by atoms with van der Waals surface area (Å²) in [7, 11) is 0. The second-order valence-electron chi connectivity index (χ2n) is 6.68. The molecule has 1 amide bonds. The Morgan fingerprint density at radius 3 is 2.36 bits per heavy atom. The van der Waals surface area contributed by atoms with Crippen LogP contribution in [-0.2, 0) is 4.79 Å². The van der Waals surface area contributed by atoms with Crippen LogP contribution in [0, 0.1) is 5.92 Å². The van der Waals surface area contributed by atoms with Crippen LogP contribution >= 0.6 is 0 Å². The van der Waals surface area contributed by atoms with Crippen molar-refractivity contribution in [1.82, 2.24) is 4.90 Å². The Balaban J connectivity index is 1.42. The zero-order valence-corrected chi connectivity index (χ0v) is 14.8. The molecule has 132 valence electrons. The quantitative estimate of drug-likeness (QED) is 0.841. The second kappa shape index (κ2) is 8.56. The Morgan fingerprint density at radius 2 is 1.68 bits per heavy atom. The molecule has 0 spiro atoms. The molecule has 1 aliphatic rings. The van der Waals surface area contributed by atoms with Gasteiger partial charge in [0.05, 0.1) is 0 Å². The minimum atomic E-state index is 0.253. The topological polar surface area (TPSA) is 41.6 Å². The highest BCUT2D eigenvalue weighted by Gasteiger charge is 2.19. The Bertz CT molecular complexity index is 662. The van der Waals surface area contributed by atoms with E-state index >= 15 is 0 Å². The van der Waals surface area contributed by atoms with Gasteiger partial charge in [-0.25, -0.2) is 0 Å². The van der Waals surface area contributed by atoms with E-state index in [1.807, 2.05) is 59.5 Å². The lowest BCUT2D eigenvalue weighted by Crippen LogP contribution is -2.38. The fraction of sp³-hybridized carbons (Fsp3) is 0.381. The third-order valence-electron chi connectivity index (χ3n) is 4.64. The van der Waals surface area contributed by atoms with Gasteiger partial charge in [0.2, 0.25) is 5.91 Å². The van der Waals surface area contributed by atoms with Crippen molar-refractivity contribution in [3.63, 3.8) is 0 Å². The van der Waals surface area contributed by atoms with Gasteiger partial charge in [0.15, 0.2) is 0 Å². The predicted octanol–water partition coefficient (Wildman–Crippen LogP) is 4.54. The molecule has 3 rings (SSSR count). The van der Waals surface area contributed by atoms with Crippen LogP contribution in [0.15, 0.2) is 54.6 Å². The van der Waals surface area contributed by atoms with Crippen molar-refractivity contribution in [3.05, 3.63) is 54.6 Å². The summed E-state index contributed by atoms with van der Waals surface area (Å²) in [5, 5.41) is 3.31. The minimum Gasteiger partial charge on any atom is -0.457 e. The number of rotatable bonds is 6. The van der Waals surface area contributed by atoms with Crippen LogP contribution in [0.3, 0.4) is 0 Å². The standard InChI is InChI=1S/C21H26N2O2/c1-17-12-15-23(16-13-17)21(24)11-14-22-18-7-9-20(10-8-18)25-19-5-3-2-4-6-19/h2-10,17,22H,11-16H2,1H3. The van der Waals surface area contributed by atoms with Crippen molar-refractivity contribution in [2.45, 2.75) is 26.2 Å². The number of benzene rings is 2. The summed E-state index contributed by atoms with van der Waals surface area (Å²) in [5.74, 6) is 2.63. The van der Waals surface area contributed by atoms with Crippen molar-refractivity contribution in [2.24, 2.45) is 5.92 Å². The number of carbonyl (C=O) groups is 1. The lowest BCUT2D eigenvalue weighted by molar-refractivity contribution is -0.132. The van der Waals surface area contributed by atoms with Gasteiger partial charge in [-0.15, -0.1) is 0 Å². The van der Waals surface area contributed by atoms with Gasteiger partial charge < -0.3 is 15.0 Å². The number of amides is 1. The third-order valence-corrected chi connectivity index (χ3v) is 4.64. The van der Waals surface area contributed by atoms with Crippen LogP contribution in [0.4, 0.5) is 5.69 Å². The molecule has 4 nitrogen and oxygen atoms in total. The van der Waals surface area contributed by atoms with Gasteiger partial charge in [-0.1, -0.05) is 25.1 Å². The van der Waals surface area contributed by atoms with Gasteiger partial charge in [-0.05, 0) is 55.2 Å². The van der Waals surface area contributed by atoms with E-state index < -0.39 is 0 Å². The Labute approximate surface area is 149 Å². The van der Waals surface area contributed by atoms with Crippen LogP contribution in [0.1, 0.15) is 26.2 Å². The van der Waals surface area contributed by atoms with Crippen molar-refractivity contribution < 1.29 is 9.53 Å². The Hall–Kier alpha value is -2.49. The summed E-state index contributed by atoms with van der Waals surface area (Å²) in [6.45, 7) is 4.73. The van der Waals surface area contributed by atoms with Gasteiger partial charge in [0.25, 0.3) is 0 Å². The Kier molecular flexibility index (Phi) is 5.94. The minimum absolute atomic E-state index is 0.253. The van der Waals surface area contributed by atoms with Crippen LogP contribution in [-0.4, -0.2) is 30.4 Å². The molecule has 1 aliphatic heterocycles. The maximum atomic E-state index is 12.2. The number of nitrogens with zero attached hydrogens (tertiary/aromatic N) is 1. The first-order valence-electron chi connectivity index (χ1n) is 9.05. The number of hydrogen-bond donors (Lipinski definition) is 1. The monoisotopic (exact) mass is 338 g/mol. The first-order valence-corrected chi connectivity index (χ1v) is 9.05. The number of likely N-dealkylation sites (tertiary alicyclic amines) is 1. The van der Waals surface area contributed by atoms with Gasteiger partial charge in [0, 0.05) is 31.7 Å². The fourth-order valence-electron chi connectivity index (χ4n) is 3.00. The molecular weight excluding hydrogens is 312 g/mol. The molecule has 0 saturated carbocycles. The van der Waals surface area contributed by atoms with Gasteiger partial charge in [-0.3, -0.25) is 4.79 Å². The van der Waals surface area contributed by atoms with E-state index in [9.17, 15) is 4.79 Å². The molecule has 0 aliphatic carbocycles. The summed E-state index contributed by atoms with van der Waals surface area (Å²) < 4.78 is 5.78. The van der Waals surface area contributed by atoms with Crippen LogP contribution in [0.2, 0.25) is 0 Å². The van der Waals surface area contributed by atoms with E-state index in [0.717, 1.165) is 49.0 Å². The second-order valence-corrected chi connectivity index (χ2v) is 6.68. The average molecular weight is 338 g/mol. The maximum absolute atomic E-state index is 12.2. The van der Waals surface area contributed by atoms with Crippen molar-refractivity contribution in [1.29, 1.82) is 0 Å². The molecule has 0 radical (unpaired) electrons. The number of nitrogens with one attached hydrogen (secondary N) is 1. The molecule has 1 heterocycles. The largest absolute Gasteiger partial charge is 0.457 e. The zero-order chi connectivity index (χ0) is 17.5. The van der Waals surface area contributed by atoms with E-state index in [1.165, 1.54) is 0 Å². The predicted molar refractivity (Wildman–Crippen MR) is 101 cm³/mol. The number of anilines is 1. The fourth-order valence-corrected chi connectivity index (χ4v) is 3.00. The van der Waals surface area contributed by atoms with Crippen LogP contribution < -0.4 is 10.1 Å². The average Bonchev–Trinajstić information content (AvgIpc) is 2.64. The van der Waals surface area contributed by atoms with E-state index in [-0.39, 0.29) is 5.91 Å². The summed E-state index contributed by atoms with van der Waals surface area (Å²) in [6, 6.07) is 17.5. The summed E-state index contributed by atoms with van der Waals surface area (Å²) in [5.41, 5.74) is 1.00. The van der Waals surface area contributed by atoms with Crippen molar-refractivity contribution in [2.75, 3.05) is 25.0 Å². The first-order chi connectivity index (χ1) is 12.2. The maximum Gasteiger partial charge on any atom is 0.224 e. The summed E-state index contributed by atoms with van der Waals surface area (Å²) in [6.07, 6.45) is 2.79. The smallest absolute Gasteiger partial charge is 0.224 e. The number of piperidine rings is 1. The molecule has 0 aromatic heterocycles. The van der Waals surface area contributed by atoms with Gasteiger partial charge in [0.1, 0.15) is 11.5 Å². The SMILES string of the molecule is CC1CCN(C(=O)CCNc2ccc(Oc3ccccc3)cc2)CC1. The van der Waals surface area contributed by atoms with Crippen molar-refractivity contribution in [3.8, 4) is 11.5 Å². The molecule has 1 fully saturated rings. The van der Waals surface area contributed by atoms with Crippen LogP contribution in [0.5, 0.6) is 11.5 Å². The van der Waals surface area contributed by atoms with Crippen LogP contribution in [0.25, 0.3) is 0 Å². The summed E-state index contributed by atoms with van der Waals surface area (Å²) in [4.78, 5) is 14.2. The van der Waals surface area contributed by atoms with Gasteiger partial charge >= 0.3 is 0 Å². The highest BCUT2D eigenvalue weighted by Crippen LogP contribution is 2.22. The normalized spacial score (nSPS) is 15.0. The molecule has 2 aromatic rings. The van der Waals surface area contributed by atoms with E-state index in [0.29, 0.717) is 13.0 Å².